The van der Waals surface area contributed by atoms with E-state index in [-0.39, 0.29) is 5.28 Å². The van der Waals surface area contributed by atoms with Gasteiger partial charge in [0.1, 0.15) is 11.5 Å². The highest BCUT2D eigenvalue weighted by molar-refractivity contribution is 6.31. The van der Waals surface area contributed by atoms with Crippen LogP contribution in [0.1, 0.15) is 12.6 Å². The third kappa shape index (κ3) is 2.51. The number of rotatable bonds is 3. The average molecular weight is 269 g/mol. The lowest BCUT2D eigenvalue weighted by atomic mass is 10.1. The fourth-order valence-corrected chi connectivity index (χ4v) is 1.88. The number of ether oxygens (including phenoxy) is 1. The zero-order valence-corrected chi connectivity index (χ0v) is 10.7. The van der Waals surface area contributed by atoms with Gasteiger partial charge in [0.15, 0.2) is 0 Å². The normalized spacial score (nSPS) is 10.5. The van der Waals surface area contributed by atoms with Gasteiger partial charge in [-0.3, -0.25) is 0 Å². The van der Waals surface area contributed by atoms with Gasteiger partial charge in [-0.05, 0) is 36.7 Å². The van der Waals surface area contributed by atoms with Crippen LogP contribution in [-0.4, -0.2) is 16.6 Å². The maximum absolute atomic E-state index is 5.95. The van der Waals surface area contributed by atoms with Gasteiger partial charge >= 0.3 is 0 Å². The molecule has 2 aromatic rings. The number of benzene rings is 1. The molecule has 1 heterocycles. The second-order valence-electron chi connectivity index (χ2n) is 3.36. The Labute approximate surface area is 109 Å². The minimum Gasteiger partial charge on any atom is -0.492 e. The molecule has 0 saturated carbocycles. The summed E-state index contributed by atoms with van der Waals surface area (Å²) < 4.78 is 5.34. The number of nitrogens with zero attached hydrogens (tertiary/aromatic N) is 2. The SMILES string of the molecule is C=C(OCC)c1nc(Cl)nc2ccc(Cl)cc12. The number of aromatic nitrogens is 2. The molecular formula is C12H10Cl2N2O. The van der Waals surface area contributed by atoms with Crippen molar-refractivity contribution in [2.45, 2.75) is 6.92 Å². The quantitative estimate of drug-likeness (QED) is 0.625. The van der Waals surface area contributed by atoms with E-state index in [2.05, 4.69) is 16.5 Å². The maximum Gasteiger partial charge on any atom is 0.223 e. The van der Waals surface area contributed by atoms with Crippen LogP contribution in [0.15, 0.2) is 24.8 Å². The molecule has 0 unspecified atom stereocenters. The van der Waals surface area contributed by atoms with Gasteiger partial charge in [0.05, 0.1) is 12.1 Å². The van der Waals surface area contributed by atoms with E-state index < -0.39 is 0 Å². The smallest absolute Gasteiger partial charge is 0.223 e. The number of hydrogen-bond acceptors (Lipinski definition) is 3. The minimum absolute atomic E-state index is 0.163. The van der Waals surface area contributed by atoms with E-state index >= 15 is 0 Å². The van der Waals surface area contributed by atoms with E-state index in [1.165, 1.54) is 0 Å². The average Bonchev–Trinajstić information content (AvgIpc) is 2.29. The van der Waals surface area contributed by atoms with Crippen molar-refractivity contribution < 1.29 is 4.74 Å². The molecule has 3 nitrogen and oxygen atoms in total. The van der Waals surface area contributed by atoms with Crippen LogP contribution < -0.4 is 0 Å². The van der Waals surface area contributed by atoms with Crippen molar-refractivity contribution >= 4 is 39.9 Å². The molecule has 0 aliphatic rings. The second kappa shape index (κ2) is 4.90. The third-order valence-electron chi connectivity index (χ3n) is 2.21. The first-order chi connectivity index (χ1) is 8.11. The van der Waals surface area contributed by atoms with E-state index in [4.69, 9.17) is 27.9 Å². The monoisotopic (exact) mass is 268 g/mol. The Morgan fingerprint density at radius 3 is 2.82 bits per heavy atom. The molecule has 0 fully saturated rings. The Morgan fingerprint density at radius 1 is 1.35 bits per heavy atom. The van der Waals surface area contributed by atoms with Gasteiger partial charge in [-0.15, -0.1) is 0 Å². The molecule has 88 valence electrons. The Morgan fingerprint density at radius 2 is 2.12 bits per heavy atom. The molecule has 2 rings (SSSR count). The van der Waals surface area contributed by atoms with Crippen molar-refractivity contribution in [3.63, 3.8) is 0 Å². The summed E-state index contributed by atoms with van der Waals surface area (Å²) in [6, 6.07) is 5.31. The molecule has 0 saturated heterocycles. The molecule has 1 aromatic carbocycles. The highest BCUT2D eigenvalue weighted by atomic mass is 35.5. The van der Waals surface area contributed by atoms with Gasteiger partial charge in [0.2, 0.25) is 5.28 Å². The van der Waals surface area contributed by atoms with Gasteiger partial charge in [0.25, 0.3) is 0 Å². The van der Waals surface area contributed by atoms with Crippen LogP contribution in [0.25, 0.3) is 16.7 Å². The fraction of sp³-hybridized carbons (Fsp3) is 0.167. The van der Waals surface area contributed by atoms with Crippen molar-refractivity contribution in [2.24, 2.45) is 0 Å². The van der Waals surface area contributed by atoms with Gasteiger partial charge < -0.3 is 4.74 Å². The van der Waals surface area contributed by atoms with Crippen LogP contribution in [0, 0.1) is 0 Å². The zero-order valence-electron chi connectivity index (χ0n) is 9.20. The Bertz CT molecular complexity index is 584. The van der Waals surface area contributed by atoms with Crippen molar-refractivity contribution in [1.29, 1.82) is 0 Å². The summed E-state index contributed by atoms with van der Waals surface area (Å²) in [6.07, 6.45) is 0. The first-order valence-corrected chi connectivity index (χ1v) is 5.82. The van der Waals surface area contributed by atoms with Crippen molar-refractivity contribution in [2.75, 3.05) is 6.61 Å². The maximum atomic E-state index is 5.95. The van der Waals surface area contributed by atoms with Crippen molar-refractivity contribution in [3.8, 4) is 0 Å². The van der Waals surface area contributed by atoms with Crippen LogP contribution in [0.4, 0.5) is 0 Å². The Kier molecular flexibility index (Phi) is 3.50. The van der Waals surface area contributed by atoms with Crippen molar-refractivity contribution in [1.82, 2.24) is 9.97 Å². The van der Waals surface area contributed by atoms with E-state index in [1.54, 1.807) is 18.2 Å². The largest absolute Gasteiger partial charge is 0.492 e. The number of halogens is 2. The molecule has 0 amide bonds. The number of fused-ring (bicyclic) bond motifs is 1. The Hall–Kier alpha value is -1.32. The van der Waals surface area contributed by atoms with E-state index in [0.717, 1.165) is 5.39 Å². The molecule has 17 heavy (non-hydrogen) atoms. The van der Waals surface area contributed by atoms with E-state index in [1.807, 2.05) is 6.92 Å². The molecular weight excluding hydrogens is 259 g/mol. The summed E-state index contributed by atoms with van der Waals surface area (Å²) in [4.78, 5) is 8.25. The summed E-state index contributed by atoms with van der Waals surface area (Å²) >= 11 is 11.8. The van der Waals surface area contributed by atoms with E-state index in [0.29, 0.717) is 28.6 Å². The lowest BCUT2D eigenvalue weighted by Crippen LogP contribution is -1.97. The molecule has 1 aromatic heterocycles. The van der Waals surface area contributed by atoms with Gasteiger partial charge in [0, 0.05) is 10.4 Å². The molecule has 5 heteroatoms. The Balaban J connectivity index is 2.67. The molecule has 0 spiro atoms. The predicted octanol–water partition coefficient (Wildman–Crippen LogP) is 3.94. The molecule has 0 N–H and O–H groups in total. The number of hydrogen-bond donors (Lipinski definition) is 0. The minimum atomic E-state index is 0.163. The summed E-state index contributed by atoms with van der Waals surface area (Å²) in [5.74, 6) is 0.462. The predicted molar refractivity (Wildman–Crippen MR) is 70.2 cm³/mol. The fourth-order valence-electron chi connectivity index (χ4n) is 1.53. The zero-order chi connectivity index (χ0) is 12.4. The van der Waals surface area contributed by atoms with Gasteiger partial charge in [-0.2, -0.15) is 0 Å². The van der Waals surface area contributed by atoms with Crippen LogP contribution in [0.2, 0.25) is 10.3 Å². The lowest BCUT2D eigenvalue weighted by Gasteiger charge is -2.09. The van der Waals surface area contributed by atoms with E-state index in [9.17, 15) is 0 Å². The highest BCUT2D eigenvalue weighted by Crippen LogP contribution is 2.26. The van der Waals surface area contributed by atoms with Crippen LogP contribution >= 0.6 is 23.2 Å². The van der Waals surface area contributed by atoms with Crippen LogP contribution in [0.5, 0.6) is 0 Å². The molecule has 0 radical (unpaired) electrons. The molecule has 0 aliphatic carbocycles. The lowest BCUT2D eigenvalue weighted by molar-refractivity contribution is 0.298. The topological polar surface area (TPSA) is 35.0 Å². The summed E-state index contributed by atoms with van der Waals surface area (Å²) in [7, 11) is 0. The van der Waals surface area contributed by atoms with Crippen molar-refractivity contribution in [3.05, 3.63) is 40.8 Å². The van der Waals surface area contributed by atoms with Crippen LogP contribution in [-0.2, 0) is 4.74 Å². The van der Waals surface area contributed by atoms with Gasteiger partial charge in [-0.25, -0.2) is 9.97 Å². The second-order valence-corrected chi connectivity index (χ2v) is 4.13. The highest BCUT2D eigenvalue weighted by Gasteiger charge is 2.11. The molecule has 0 atom stereocenters. The third-order valence-corrected chi connectivity index (χ3v) is 2.62. The summed E-state index contributed by atoms with van der Waals surface area (Å²) in [5.41, 5.74) is 1.29. The standard InChI is InChI=1S/C12H10Cl2N2O/c1-3-17-7(2)11-9-6-8(13)4-5-10(9)15-12(14)16-11/h4-6H,2-3H2,1H3. The summed E-state index contributed by atoms with van der Waals surface area (Å²) in [6.45, 7) is 6.22. The molecule has 0 bridgehead atoms. The van der Waals surface area contributed by atoms with Gasteiger partial charge in [-0.1, -0.05) is 18.2 Å². The first kappa shape index (κ1) is 12.1. The summed E-state index contributed by atoms with van der Waals surface area (Å²) in [5, 5.41) is 1.55. The van der Waals surface area contributed by atoms with Crippen LogP contribution in [0.3, 0.4) is 0 Å². The molecule has 0 aliphatic heterocycles. The first-order valence-electron chi connectivity index (χ1n) is 5.06.